The molecule has 0 unspecified atom stereocenters. The lowest BCUT2D eigenvalue weighted by molar-refractivity contribution is -0.131. The van der Waals surface area contributed by atoms with Gasteiger partial charge in [-0.25, -0.2) is 9.29 Å². The van der Waals surface area contributed by atoms with Gasteiger partial charge in [0, 0.05) is 0 Å². The van der Waals surface area contributed by atoms with Crippen molar-refractivity contribution in [1.82, 2.24) is 0 Å². The number of nitrogens with zero attached hydrogens (tertiary/aromatic N) is 2. The molecule has 2 saturated heterocycles. The number of aliphatic hydroxyl groups excluding tert-OH is 1. The van der Waals surface area contributed by atoms with Gasteiger partial charge >= 0.3 is 0 Å². The number of carbonyl (C=O) groups excluding carboxylic acids is 4. The smallest absolute Gasteiger partial charge is 0.241 e. The maximum atomic E-state index is 14.4. The second kappa shape index (κ2) is 10.1. The van der Waals surface area contributed by atoms with Crippen molar-refractivity contribution in [2.75, 3.05) is 9.80 Å². The van der Waals surface area contributed by atoms with E-state index in [1.54, 1.807) is 49.4 Å². The van der Waals surface area contributed by atoms with Gasteiger partial charge in [-0.15, -0.1) is 0 Å². The third-order valence-electron chi connectivity index (χ3n) is 9.95. The maximum Gasteiger partial charge on any atom is 0.241 e. The first-order chi connectivity index (χ1) is 21.1. The molecule has 3 fully saturated rings. The molecule has 3 heterocycles. The summed E-state index contributed by atoms with van der Waals surface area (Å²) < 4.78 is 20.0. The molecular weight excluding hydrogens is 587 g/mol. The minimum atomic E-state index is -1.33. The number of halogens is 2. The molecule has 0 radical (unpaired) electrons. The lowest BCUT2D eigenvalue weighted by atomic mass is 9.52. The number of fused-ring (bicyclic) bond motifs is 4. The van der Waals surface area contributed by atoms with Crippen LogP contribution in [0.25, 0.3) is 6.08 Å². The van der Waals surface area contributed by atoms with Gasteiger partial charge < -0.3 is 9.52 Å². The van der Waals surface area contributed by atoms with Crippen LogP contribution in [-0.2, 0) is 25.8 Å². The molecule has 3 aromatic rings. The summed E-state index contributed by atoms with van der Waals surface area (Å²) in [7, 11) is 0. The zero-order valence-corrected chi connectivity index (χ0v) is 24.5. The summed E-state index contributed by atoms with van der Waals surface area (Å²) in [6.07, 6.45) is 4.04. The Hall–Kier alpha value is -4.34. The summed E-state index contributed by atoms with van der Waals surface area (Å²) in [4.78, 5) is 58.6. The molecule has 1 aromatic heterocycles. The highest BCUT2D eigenvalue weighted by Gasteiger charge is 2.68. The summed E-state index contributed by atoms with van der Waals surface area (Å²) >= 11 is 6.04. The van der Waals surface area contributed by atoms with E-state index in [-0.39, 0.29) is 47.7 Å². The van der Waals surface area contributed by atoms with E-state index >= 15 is 0 Å². The summed E-state index contributed by atoms with van der Waals surface area (Å²) in [6, 6.07) is 14.0. The van der Waals surface area contributed by atoms with Crippen molar-refractivity contribution in [2.24, 2.45) is 29.1 Å². The molecule has 8 nitrogen and oxygen atoms in total. The number of furan rings is 1. The maximum absolute atomic E-state index is 14.4. The lowest BCUT2D eigenvalue weighted by Gasteiger charge is -2.48. The van der Waals surface area contributed by atoms with Crippen LogP contribution in [0.2, 0.25) is 5.02 Å². The Morgan fingerprint density at radius 1 is 1.00 bits per heavy atom. The standard InChI is InChI=1S/C34H28ClFN2O6/c1-3-17-4-6-18(7-5-17)37-30(40)22-11-10-21-23(28(22)32(37)42)15-24-31(41)38(19-8-12-26(36)25(35)14-19)33(43)34(24,2)29(21)27-13-9-20(16-39)44-27/h3-10,12-14,22-24,28-29,39H,1,11,15-16H2,2H3/t22-,23+,24-,28-,29+,34+/m0/s1. The fraction of sp³-hybridized carbons (Fsp3) is 0.294. The van der Waals surface area contributed by atoms with Crippen molar-refractivity contribution in [1.29, 1.82) is 0 Å². The van der Waals surface area contributed by atoms with E-state index in [4.69, 9.17) is 16.0 Å². The van der Waals surface area contributed by atoms with Crippen LogP contribution in [0.15, 0.2) is 77.2 Å². The average Bonchev–Trinajstić information content (AvgIpc) is 3.65. The highest BCUT2D eigenvalue weighted by molar-refractivity contribution is 6.32. The van der Waals surface area contributed by atoms with Crippen molar-refractivity contribution in [3.05, 3.63) is 101 Å². The van der Waals surface area contributed by atoms with Crippen LogP contribution in [0, 0.1) is 34.9 Å². The molecule has 2 aromatic carbocycles. The number of hydrogen-bond donors (Lipinski definition) is 1. The number of amides is 4. The van der Waals surface area contributed by atoms with E-state index in [1.165, 1.54) is 17.0 Å². The van der Waals surface area contributed by atoms with Crippen molar-refractivity contribution in [2.45, 2.75) is 32.3 Å². The molecule has 0 bridgehead atoms. The lowest BCUT2D eigenvalue weighted by Crippen LogP contribution is -2.48. The summed E-state index contributed by atoms with van der Waals surface area (Å²) in [5, 5.41) is 9.52. The van der Waals surface area contributed by atoms with Crippen molar-refractivity contribution in [3.63, 3.8) is 0 Å². The fourth-order valence-corrected chi connectivity index (χ4v) is 8.01. The molecule has 10 heteroatoms. The second-order valence-electron chi connectivity index (χ2n) is 12.0. The molecular formula is C34H28ClFN2O6. The van der Waals surface area contributed by atoms with E-state index < -0.39 is 52.6 Å². The SMILES string of the molecule is C=Cc1ccc(N2C(=O)[C@H]3[C@H](CC=C4[C@H]3C[C@H]3C(=O)N(c5ccc(F)c(Cl)c5)C(=O)[C@@]3(C)[C@H]4c3ccc(CO)o3)C2=O)cc1. The molecule has 6 atom stereocenters. The monoisotopic (exact) mass is 614 g/mol. The Labute approximate surface area is 257 Å². The second-order valence-corrected chi connectivity index (χ2v) is 12.4. The fourth-order valence-electron chi connectivity index (χ4n) is 7.84. The first kappa shape index (κ1) is 28.4. The van der Waals surface area contributed by atoms with Crippen molar-refractivity contribution < 1.29 is 33.1 Å². The molecule has 0 spiro atoms. The Morgan fingerprint density at radius 2 is 1.73 bits per heavy atom. The van der Waals surface area contributed by atoms with Crippen molar-refractivity contribution in [3.8, 4) is 0 Å². The minimum Gasteiger partial charge on any atom is -0.463 e. The van der Waals surface area contributed by atoms with Crippen LogP contribution in [-0.4, -0.2) is 28.7 Å². The molecule has 4 aliphatic rings. The molecule has 4 amide bonds. The van der Waals surface area contributed by atoms with Crippen LogP contribution in [0.4, 0.5) is 15.8 Å². The summed E-state index contributed by atoms with van der Waals surface area (Å²) in [6.45, 7) is 5.11. The van der Waals surface area contributed by atoms with E-state index in [0.717, 1.165) is 22.1 Å². The van der Waals surface area contributed by atoms with Crippen LogP contribution >= 0.6 is 11.6 Å². The van der Waals surface area contributed by atoms with Crippen LogP contribution in [0.3, 0.4) is 0 Å². The zero-order valence-electron chi connectivity index (χ0n) is 23.7. The molecule has 7 rings (SSSR count). The summed E-state index contributed by atoms with van der Waals surface area (Å²) in [5.74, 6) is -5.17. The van der Waals surface area contributed by atoms with Gasteiger partial charge in [-0.1, -0.05) is 48.0 Å². The average molecular weight is 615 g/mol. The quantitative estimate of drug-likeness (QED) is 0.294. The number of anilines is 2. The highest BCUT2D eigenvalue weighted by Crippen LogP contribution is 2.63. The van der Waals surface area contributed by atoms with Gasteiger partial charge in [0.25, 0.3) is 0 Å². The first-order valence-corrected chi connectivity index (χ1v) is 14.8. The molecule has 2 aliphatic carbocycles. The predicted octanol–water partition coefficient (Wildman–Crippen LogP) is 5.64. The normalized spacial score (nSPS) is 29.5. The third kappa shape index (κ3) is 3.85. The number of carbonyl (C=O) groups is 4. The number of hydrogen-bond acceptors (Lipinski definition) is 6. The molecule has 2 aliphatic heterocycles. The Bertz CT molecular complexity index is 1800. The number of allylic oxidation sites excluding steroid dienone is 2. The van der Waals surface area contributed by atoms with Gasteiger partial charge in [-0.3, -0.25) is 24.1 Å². The number of benzene rings is 2. The molecule has 44 heavy (non-hydrogen) atoms. The topological polar surface area (TPSA) is 108 Å². The van der Waals surface area contributed by atoms with Crippen LogP contribution in [0.1, 0.15) is 42.8 Å². The number of rotatable bonds is 5. The Kier molecular flexibility index (Phi) is 6.53. The van der Waals surface area contributed by atoms with E-state index in [0.29, 0.717) is 11.4 Å². The molecule has 1 N–H and O–H groups in total. The van der Waals surface area contributed by atoms with E-state index in [9.17, 15) is 28.7 Å². The van der Waals surface area contributed by atoms with Gasteiger partial charge in [0.05, 0.1) is 45.5 Å². The van der Waals surface area contributed by atoms with Gasteiger partial charge in [0.2, 0.25) is 23.6 Å². The number of imide groups is 2. The Morgan fingerprint density at radius 3 is 2.39 bits per heavy atom. The predicted molar refractivity (Wildman–Crippen MR) is 160 cm³/mol. The highest BCUT2D eigenvalue weighted by atomic mass is 35.5. The third-order valence-corrected chi connectivity index (χ3v) is 10.2. The van der Waals surface area contributed by atoms with E-state index in [2.05, 4.69) is 6.58 Å². The van der Waals surface area contributed by atoms with Crippen LogP contribution < -0.4 is 9.80 Å². The molecule has 1 saturated carbocycles. The minimum absolute atomic E-state index is 0.146. The van der Waals surface area contributed by atoms with Crippen molar-refractivity contribution >= 4 is 52.7 Å². The number of aliphatic hydroxyl groups is 1. The van der Waals surface area contributed by atoms with Gasteiger partial charge in [-0.05, 0) is 73.7 Å². The van der Waals surface area contributed by atoms with Gasteiger partial charge in [0.1, 0.15) is 23.9 Å². The van der Waals surface area contributed by atoms with Gasteiger partial charge in [0.15, 0.2) is 0 Å². The van der Waals surface area contributed by atoms with Gasteiger partial charge in [-0.2, -0.15) is 0 Å². The first-order valence-electron chi connectivity index (χ1n) is 14.4. The van der Waals surface area contributed by atoms with Crippen LogP contribution in [0.5, 0.6) is 0 Å². The summed E-state index contributed by atoms with van der Waals surface area (Å²) in [5.41, 5.74) is 0.884. The Balaban J connectivity index is 1.34. The molecule has 224 valence electrons. The zero-order chi connectivity index (χ0) is 31.1. The largest absolute Gasteiger partial charge is 0.463 e. The van der Waals surface area contributed by atoms with E-state index in [1.807, 2.05) is 6.08 Å².